The predicted octanol–water partition coefficient (Wildman–Crippen LogP) is 3.69. The van der Waals surface area contributed by atoms with Gasteiger partial charge in [0.25, 0.3) is 0 Å². The van der Waals surface area contributed by atoms with E-state index < -0.39 is 0 Å². The van der Waals surface area contributed by atoms with Crippen molar-refractivity contribution in [2.45, 2.75) is 32.3 Å². The smallest absolute Gasteiger partial charge is 0.0584 e. The van der Waals surface area contributed by atoms with Crippen LogP contribution >= 0.6 is 15.9 Å². The molecule has 0 aliphatic rings. The minimum Gasteiger partial charge on any atom is -0.393 e. The molecule has 0 aliphatic heterocycles. The topological polar surface area (TPSA) is 33.1 Å². The molecular weight excluding hydrogens is 302 g/mol. The van der Waals surface area contributed by atoms with Gasteiger partial charge in [0.05, 0.1) is 6.10 Å². The lowest BCUT2D eigenvalue weighted by Gasteiger charge is -2.10. The minimum atomic E-state index is -0.322. The van der Waals surface area contributed by atoms with Gasteiger partial charge in [0, 0.05) is 16.9 Å². The molecule has 2 aromatic rings. The third-order valence-corrected chi connectivity index (χ3v) is 3.55. The van der Waals surface area contributed by atoms with Crippen LogP contribution in [-0.2, 0) is 12.8 Å². The van der Waals surface area contributed by atoms with Crippen molar-refractivity contribution in [2.24, 2.45) is 0 Å². The number of pyridine rings is 1. The molecule has 1 N–H and O–H groups in total. The lowest BCUT2D eigenvalue weighted by molar-refractivity contribution is 0.165. The Balaban J connectivity index is 1.84. The molecule has 0 spiro atoms. The van der Waals surface area contributed by atoms with Crippen molar-refractivity contribution in [1.82, 2.24) is 4.98 Å². The zero-order valence-corrected chi connectivity index (χ0v) is 12.6. The summed E-state index contributed by atoms with van der Waals surface area (Å²) in [5.41, 5.74) is 3.60. The molecule has 0 bridgehead atoms. The number of aryl methyl sites for hydroxylation is 2. The molecule has 1 unspecified atom stereocenters. The van der Waals surface area contributed by atoms with Crippen LogP contribution in [0.2, 0.25) is 0 Å². The molecule has 0 fully saturated rings. The van der Waals surface area contributed by atoms with Gasteiger partial charge in [-0.2, -0.15) is 0 Å². The number of aromatic nitrogens is 1. The summed E-state index contributed by atoms with van der Waals surface area (Å²) in [4.78, 5) is 4.11. The fourth-order valence-electron chi connectivity index (χ4n) is 2.03. The van der Waals surface area contributed by atoms with Crippen LogP contribution in [0.4, 0.5) is 0 Å². The molecule has 0 aliphatic carbocycles. The lowest BCUT2D eigenvalue weighted by atomic mass is 10.0. The van der Waals surface area contributed by atoms with E-state index in [1.807, 2.05) is 6.07 Å². The Kier molecular flexibility index (Phi) is 5.11. The first kappa shape index (κ1) is 14.2. The number of aliphatic hydroxyl groups excluding tert-OH is 1. The predicted molar refractivity (Wildman–Crippen MR) is 81.1 cm³/mol. The van der Waals surface area contributed by atoms with Gasteiger partial charge in [-0.25, -0.2) is 0 Å². The maximum Gasteiger partial charge on any atom is 0.0584 e. The summed E-state index contributed by atoms with van der Waals surface area (Å²) in [5.74, 6) is 0. The first-order valence-electron chi connectivity index (χ1n) is 6.46. The van der Waals surface area contributed by atoms with Crippen LogP contribution < -0.4 is 0 Å². The fourth-order valence-corrected chi connectivity index (χ4v) is 2.44. The monoisotopic (exact) mass is 319 g/mol. The van der Waals surface area contributed by atoms with Gasteiger partial charge in [0.1, 0.15) is 0 Å². The Bertz CT molecular complexity index is 525. The minimum absolute atomic E-state index is 0.322. The van der Waals surface area contributed by atoms with E-state index in [1.54, 1.807) is 12.4 Å². The number of rotatable bonds is 5. The van der Waals surface area contributed by atoms with Crippen molar-refractivity contribution < 1.29 is 5.11 Å². The highest BCUT2D eigenvalue weighted by Crippen LogP contribution is 2.14. The van der Waals surface area contributed by atoms with Crippen molar-refractivity contribution in [3.63, 3.8) is 0 Å². The van der Waals surface area contributed by atoms with Crippen LogP contribution in [0, 0.1) is 6.92 Å². The Hall–Kier alpha value is -1.19. The van der Waals surface area contributed by atoms with E-state index in [9.17, 15) is 5.11 Å². The summed E-state index contributed by atoms with van der Waals surface area (Å²) < 4.78 is 0.954. The molecule has 1 atom stereocenters. The van der Waals surface area contributed by atoms with Gasteiger partial charge in [-0.1, -0.05) is 29.8 Å². The molecule has 0 radical (unpaired) electrons. The maximum atomic E-state index is 10.1. The second-order valence-corrected chi connectivity index (χ2v) is 5.81. The molecule has 2 nitrogen and oxygen atoms in total. The zero-order valence-electron chi connectivity index (χ0n) is 11.0. The maximum absolute atomic E-state index is 10.1. The van der Waals surface area contributed by atoms with Crippen LogP contribution in [0.15, 0.2) is 47.2 Å². The average Bonchev–Trinajstić information content (AvgIpc) is 2.38. The van der Waals surface area contributed by atoms with Crippen molar-refractivity contribution in [1.29, 1.82) is 0 Å². The highest BCUT2D eigenvalue weighted by Gasteiger charge is 2.07. The van der Waals surface area contributed by atoms with Gasteiger partial charge >= 0.3 is 0 Å². The van der Waals surface area contributed by atoms with Crippen molar-refractivity contribution in [3.8, 4) is 0 Å². The van der Waals surface area contributed by atoms with E-state index >= 15 is 0 Å². The average molecular weight is 320 g/mol. The number of hydrogen-bond acceptors (Lipinski definition) is 2. The molecule has 1 heterocycles. The largest absolute Gasteiger partial charge is 0.393 e. The van der Waals surface area contributed by atoms with Gasteiger partial charge in [-0.3, -0.25) is 4.98 Å². The van der Waals surface area contributed by atoms with Crippen LogP contribution in [0.3, 0.4) is 0 Å². The first-order chi connectivity index (χ1) is 9.13. The van der Waals surface area contributed by atoms with E-state index in [2.05, 4.69) is 52.1 Å². The Morgan fingerprint density at radius 3 is 2.58 bits per heavy atom. The van der Waals surface area contributed by atoms with Crippen LogP contribution in [0.25, 0.3) is 0 Å². The highest BCUT2D eigenvalue weighted by molar-refractivity contribution is 9.10. The Labute approximate surface area is 122 Å². The van der Waals surface area contributed by atoms with E-state index in [4.69, 9.17) is 0 Å². The molecule has 1 aromatic heterocycles. The summed E-state index contributed by atoms with van der Waals surface area (Å²) in [6.45, 7) is 2.08. The second kappa shape index (κ2) is 6.83. The fraction of sp³-hybridized carbons (Fsp3) is 0.312. The highest BCUT2D eigenvalue weighted by atomic mass is 79.9. The third-order valence-electron chi connectivity index (χ3n) is 3.12. The standard InChI is InChI=1S/C16H18BrNO/c1-12-2-4-13(5-3-12)6-7-16(19)9-14-8-15(17)11-18-10-14/h2-5,8,10-11,16,19H,6-7,9H2,1H3. The SMILES string of the molecule is Cc1ccc(CCC(O)Cc2cncc(Br)c2)cc1. The normalized spacial score (nSPS) is 12.4. The molecule has 3 heteroatoms. The molecule has 0 saturated heterocycles. The van der Waals surface area contributed by atoms with Crippen molar-refractivity contribution >= 4 is 15.9 Å². The number of halogens is 1. The molecule has 19 heavy (non-hydrogen) atoms. The van der Waals surface area contributed by atoms with E-state index in [1.165, 1.54) is 11.1 Å². The molecule has 0 amide bonds. The molecular formula is C16H18BrNO. The lowest BCUT2D eigenvalue weighted by Crippen LogP contribution is -2.11. The molecule has 100 valence electrons. The Morgan fingerprint density at radius 2 is 1.89 bits per heavy atom. The van der Waals surface area contributed by atoms with Gasteiger partial charge in [-0.05, 0) is 59.3 Å². The summed E-state index contributed by atoms with van der Waals surface area (Å²) >= 11 is 3.39. The molecule has 1 aromatic carbocycles. The quantitative estimate of drug-likeness (QED) is 0.911. The van der Waals surface area contributed by atoms with Crippen molar-refractivity contribution in [3.05, 3.63) is 63.9 Å². The molecule has 0 saturated carbocycles. The first-order valence-corrected chi connectivity index (χ1v) is 7.26. The number of benzene rings is 1. The number of hydrogen-bond donors (Lipinski definition) is 1. The second-order valence-electron chi connectivity index (χ2n) is 4.89. The number of nitrogens with zero attached hydrogens (tertiary/aromatic N) is 1. The van der Waals surface area contributed by atoms with Gasteiger partial charge in [0.15, 0.2) is 0 Å². The summed E-state index contributed by atoms with van der Waals surface area (Å²) in [5, 5.41) is 10.1. The molecule has 2 rings (SSSR count). The van der Waals surface area contributed by atoms with E-state index in [0.29, 0.717) is 6.42 Å². The van der Waals surface area contributed by atoms with Crippen LogP contribution in [0.1, 0.15) is 23.1 Å². The zero-order chi connectivity index (χ0) is 13.7. The van der Waals surface area contributed by atoms with Crippen LogP contribution in [0.5, 0.6) is 0 Å². The van der Waals surface area contributed by atoms with Gasteiger partial charge < -0.3 is 5.11 Å². The van der Waals surface area contributed by atoms with Gasteiger partial charge in [0.2, 0.25) is 0 Å². The Morgan fingerprint density at radius 1 is 1.16 bits per heavy atom. The number of aliphatic hydroxyl groups is 1. The summed E-state index contributed by atoms with van der Waals surface area (Å²) in [6, 6.07) is 10.5. The summed E-state index contributed by atoms with van der Waals surface area (Å²) in [6.07, 6.45) is 5.57. The van der Waals surface area contributed by atoms with E-state index in [0.717, 1.165) is 22.9 Å². The summed E-state index contributed by atoms with van der Waals surface area (Å²) in [7, 11) is 0. The van der Waals surface area contributed by atoms with Gasteiger partial charge in [-0.15, -0.1) is 0 Å². The van der Waals surface area contributed by atoms with Crippen LogP contribution in [-0.4, -0.2) is 16.2 Å². The van der Waals surface area contributed by atoms with Crippen molar-refractivity contribution in [2.75, 3.05) is 0 Å². The van der Waals surface area contributed by atoms with E-state index in [-0.39, 0.29) is 6.10 Å². The third kappa shape index (κ3) is 4.77.